The van der Waals surface area contributed by atoms with E-state index in [0.29, 0.717) is 25.5 Å². The highest BCUT2D eigenvalue weighted by molar-refractivity contribution is 7.09. The van der Waals surface area contributed by atoms with E-state index in [9.17, 15) is 9.90 Å². The van der Waals surface area contributed by atoms with E-state index in [1.54, 1.807) is 18.5 Å². The summed E-state index contributed by atoms with van der Waals surface area (Å²) in [5.74, 6) is 0.478. The number of amides is 1. The number of thiazole rings is 1. The van der Waals surface area contributed by atoms with E-state index in [2.05, 4.69) is 20.3 Å². The van der Waals surface area contributed by atoms with Crippen molar-refractivity contribution in [3.05, 3.63) is 34.5 Å². The topological polar surface area (TPSA) is 91.2 Å². The van der Waals surface area contributed by atoms with Crippen molar-refractivity contribution in [3.8, 4) is 0 Å². The van der Waals surface area contributed by atoms with Crippen LogP contribution in [-0.4, -0.2) is 51.2 Å². The van der Waals surface area contributed by atoms with E-state index in [1.807, 2.05) is 17.2 Å². The molecule has 0 saturated carbocycles. The molecule has 0 spiro atoms. The van der Waals surface area contributed by atoms with E-state index in [4.69, 9.17) is 0 Å². The third-order valence-corrected chi connectivity index (χ3v) is 4.61. The normalized spacial score (nSPS) is 20.7. The molecule has 1 aliphatic rings. The first-order valence-electron chi connectivity index (χ1n) is 7.46. The molecule has 2 aromatic heterocycles. The maximum absolute atomic E-state index is 12.0. The highest BCUT2D eigenvalue weighted by atomic mass is 32.1. The maximum Gasteiger partial charge on any atom is 0.226 e. The molecule has 3 heterocycles. The first-order chi connectivity index (χ1) is 11.0. The van der Waals surface area contributed by atoms with Crippen LogP contribution in [0.3, 0.4) is 0 Å². The summed E-state index contributed by atoms with van der Waals surface area (Å²) in [5, 5.41) is 16.2. The molecule has 1 atom stereocenters. The summed E-state index contributed by atoms with van der Waals surface area (Å²) in [6.45, 7) is 3.21. The predicted octanol–water partition coefficient (Wildman–Crippen LogP) is 0.542. The van der Waals surface area contributed by atoms with Gasteiger partial charge in [0.2, 0.25) is 11.9 Å². The fourth-order valence-electron chi connectivity index (χ4n) is 2.61. The molecule has 23 heavy (non-hydrogen) atoms. The second-order valence-corrected chi connectivity index (χ2v) is 6.82. The zero-order chi connectivity index (χ0) is 16.3. The average Bonchev–Trinajstić information content (AvgIpc) is 3.13. The molecule has 2 N–H and O–H groups in total. The number of nitrogens with one attached hydrogen (secondary N) is 1. The van der Waals surface area contributed by atoms with E-state index in [1.165, 1.54) is 11.3 Å². The second-order valence-electron chi connectivity index (χ2n) is 5.76. The van der Waals surface area contributed by atoms with Crippen molar-refractivity contribution in [1.82, 2.24) is 20.3 Å². The van der Waals surface area contributed by atoms with Crippen LogP contribution in [0.5, 0.6) is 0 Å². The Morgan fingerprint density at radius 2 is 2.26 bits per heavy atom. The Morgan fingerprint density at radius 1 is 1.48 bits per heavy atom. The Hall–Kier alpha value is -2.06. The van der Waals surface area contributed by atoms with Crippen LogP contribution in [0.1, 0.15) is 17.1 Å². The molecule has 122 valence electrons. The smallest absolute Gasteiger partial charge is 0.226 e. The van der Waals surface area contributed by atoms with Crippen molar-refractivity contribution in [2.75, 3.05) is 24.5 Å². The molecule has 1 saturated heterocycles. The standard InChI is InChI=1S/C15H19N5O2S/c1-11-19-12(8-23-11)7-13(21)18-9-15(22)3-6-20(10-15)14-16-4-2-5-17-14/h2,4-5,8,22H,3,6-7,9-10H2,1H3,(H,18,21). The minimum Gasteiger partial charge on any atom is -0.386 e. The largest absolute Gasteiger partial charge is 0.386 e. The fourth-order valence-corrected chi connectivity index (χ4v) is 3.22. The first-order valence-corrected chi connectivity index (χ1v) is 8.34. The number of rotatable bonds is 5. The van der Waals surface area contributed by atoms with Gasteiger partial charge in [-0.05, 0) is 19.4 Å². The summed E-state index contributed by atoms with van der Waals surface area (Å²) in [7, 11) is 0. The molecule has 1 fully saturated rings. The lowest BCUT2D eigenvalue weighted by molar-refractivity contribution is -0.121. The molecule has 1 aliphatic heterocycles. The lowest BCUT2D eigenvalue weighted by atomic mass is 10.0. The number of nitrogens with zero attached hydrogens (tertiary/aromatic N) is 4. The third-order valence-electron chi connectivity index (χ3n) is 3.79. The quantitative estimate of drug-likeness (QED) is 0.830. The van der Waals surface area contributed by atoms with Crippen LogP contribution >= 0.6 is 11.3 Å². The summed E-state index contributed by atoms with van der Waals surface area (Å²) < 4.78 is 0. The maximum atomic E-state index is 12.0. The van der Waals surface area contributed by atoms with Crippen LogP contribution in [0.4, 0.5) is 5.95 Å². The molecule has 2 aromatic rings. The lowest BCUT2D eigenvalue weighted by Gasteiger charge is -2.23. The van der Waals surface area contributed by atoms with Crippen molar-refractivity contribution in [3.63, 3.8) is 0 Å². The van der Waals surface area contributed by atoms with Gasteiger partial charge in [0.05, 0.1) is 23.7 Å². The van der Waals surface area contributed by atoms with Gasteiger partial charge >= 0.3 is 0 Å². The van der Waals surface area contributed by atoms with E-state index in [0.717, 1.165) is 10.7 Å². The monoisotopic (exact) mass is 333 g/mol. The molecule has 8 heteroatoms. The Balaban J connectivity index is 1.51. The van der Waals surface area contributed by atoms with Crippen LogP contribution in [0.15, 0.2) is 23.8 Å². The number of aliphatic hydroxyl groups is 1. The van der Waals surface area contributed by atoms with Crippen LogP contribution in [0.2, 0.25) is 0 Å². The van der Waals surface area contributed by atoms with Gasteiger partial charge in [0.25, 0.3) is 0 Å². The Bertz CT molecular complexity index is 678. The Labute approximate surface area is 138 Å². The number of hydrogen-bond donors (Lipinski definition) is 2. The molecule has 0 aliphatic carbocycles. The number of carbonyl (C=O) groups excluding carboxylic acids is 1. The molecule has 0 aromatic carbocycles. The number of anilines is 1. The van der Waals surface area contributed by atoms with E-state index >= 15 is 0 Å². The molecule has 3 rings (SSSR count). The second kappa shape index (κ2) is 6.59. The minimum atomic E-state index is -0.952. The lowest BCUT2D eigenvalue weighted by Crippen LogP contribution is -2.45. The van der Waals surface area contributed by atoms with Gasteiger partial charge in [-0.15, -0.1) is 11.3 Å². The van der Waals surface area contributed by atoms with Gasteiger partial charge in [-0.1, -0.05) is 0 Å². The summed E-state index contributed by atoms with van der Waals surface area (Å²) in [6.07, 6.45) is 4.17. The SMILES string of the molecule is Cc1nc(CC(=O)NCC2(O)CCN(c3ncccn3)C2)cs1. The Kier molecular flexibility index (Phi) is 4.53. The third kappa shape index (κ3) is 4.02. The fraction of sp³-hybridized carbons (Fsp3) is 0.467. The van der Waals surface area contributed by atoms with Crippen LogP contribution in [0, 0.1) is 6.92 Å². The summed E-state index contributed by atoms with van der Waals surface area (Å²) in [6, 6.07) is 1.76. The average molecular weight is 333 g/mol. The highest BCUT2D eigenvalue weighted by Crippen LogP contribution is 2.23. The van der Waals surface area contributed by atoms with Gasteiger partial charge in [0.15, 0.2) is 0 Å². The number of β-amino-alcohol motifs (C(OH)–C–C–N with tert-alkyl or cyclic N) is 1. The van der Waals surface area contributed by atoms with Gasteiger partial charge in [-0.2, -0.15) is 0 Å². The number of aryl methyl sites for hydroxylation is 1. The zero-order valence-electron chi connectivity index (χ0n) is 12.9. The Morgan fingerprint density at radius 3 is 2.96 bits per heavy atom. The van der Waals surface area contributed by atoms with Crippen molar-refractivity contribution in [2.45, 2.75) is 25.4 Å². The molecular formula is C15H19N5O2S. The van der Waals surface area contributed by atoms with Crippen molar-refractivity contribution >= 4 is 23.2 Å². The van der Waals surface area contributed by atoms with Crippen LogP contribution in [-0.2, 0) is 11.2 Å². The van der Waals surface area contributed by atoms with Gasteiger partial charge in [0.1, 0.15) is 5.60 Å². The first kappa shape index (κ1) is 15.8. The highest BCUT2D eigenvalue weighted by Gasteiger charge is 2.37. The van der Waals surface area contributed by atoms with Gasteiger partial charge < -0.3 is 15.3 Å². The number of carbonyl (C=O) groups is 1. The van der Waals surface area contributed by atoms with Gasteiger partial charge in [0, 0.05) is 30.9 Å². The van der Waals surface area contributed by atoms with Gasteiger partial charge in [-0.25, -0.2) is 15.0 Å². The molecule has 0 bridgehead atoms. The van der Waals surface area contributed by atoms with Crippen molar-refractivity contribution in [2.24, 2.45) is 0 Å². The summed E-state index contributed by atoms with van der Waals surface area (Å²) in [5.41, 5.74) is -0.185. The predicted molar refractivity (Wildman–Crippen MR) is 87.4 cm³/mol. The van der Waals surface area contributed by atoms with E-state index in [-0.39, 0.29) is 18.9 Å². The van der Waals surface area contributed by atoms with E-state index < -0.39 is 5.60 Å². The molecule has 0 radical (unpaired) electrons. The summed E-state index contributed by atoms with van der Waals surface area (Å²) >= 11 is 1.53. The number of hydrogen-bond acceptors (Lipinski definition) is 7. The van der Waals surface area contributed by atoms with Crippen LogP contribution < -0.4 is 10.2 Å². The van der Waals surface area contributed by atoms with Gasteiger partial charge in [-0.3, -0.25) is 4.79 Å². The molecule has 1 unspecified atom stereocenters. The minimum absolute atomic E-state index is 0.127. The molecule has 7 nitrogen and oxygen atoms in total. The molecule has 1 amide bonds. The van der Waals surface area contributed by atoms with Crippen LogP contribution in [0.25, 0.3) is 0 Å². The summed E-state index contributed by atoms with van der Waals surface area (Å²) in [4.78, 5) is 26.6. The van der Waals surface area contributed by atoms with Crippen molar-refractivity contribution in [1.29, 1.82) is 0 Å². The molecular weight excluding hydrogens is 314 g/mol. The number of aromatic nitrogens is 3. The zero-order valence-corrected chi connectivity index (χ0v) is 13.7. The van der Waals surface area contributed by atoms with Crippen molar-refractivity contribution < 1.29 is 9.90 Å².